The number of nitrogens with zero attached hydrogens (tertiary/aromatic N) is 1. The Balaban J connectivity index is 1.99. The molecule has 1 saturated heterocycles. The Bertz CT molecular complexity index is 552. The molecule has 0 radical (unpaired) electrons. The van der Waals surface area contributed by atoms with Crippen molar-refractivity contribution >= 4 is 11.9 Å². The molecule has 1 heterocycles. The molecule has 0 atom stereocenters. The van der Waals surface area contributed by atoms with Crippen LogP contribution in [0.1, 0.15) is 49.5 Å². The van der Waals surface area contributed by atoms with Gasteiger partial charge in [-0.3, -0.25) is 4.79 Å². The summed E-state index contributed by atoms with van der Waals surface area (Å²) in [7, 11) is 0. The van der Waals surface area contributed by atoms with Gasteiger partial charge in [-0.15, -0.1) is 0 Å². The second-order valence-corrected chi connectivity index (χ2v) is 7.16. The lowest BCUT2D eigenvalue weighted by atomic mass is 9.75. The minimum Gasteiger partial charge on any atom is -0.478 e. The number of benzene rings is 1. The molecule has 0 aromatic heterocycles. The third kappa shape index (κ3) is 3.87. The van der Waals surface area contributed by atoms with Crippen molar-refractivity contribution in [1.82, 2.24) is 4.90 Å². The molecule has 2 rings (SSSR count). The second-order valence-electron chi connectivity index (χ2n) is 7.16. The lowest BCUT2D eigenvalue weighted by Crippen LogP contribution is -2.42. The van der Waals surface area contributed by atoms with Crippen LogP contribution >= 0.6 is 0 Å². The van der Waals surface area contributed by atoms with Crippen LogP contribution in [0.3, 0.4) is 0 Å². The summed E-state index contributed by atoms with van der Waals surface area (Å²) >= 11 is 0. The highest BCUT2D eigenvalue weighted by molar-refractivity contribution is 5.91. The van der Waals surface area contributed by atoms with E-state index in [9.17, 15) is 14.7 Å². The van der Waals surface area contributed by atoms with Gasteiger partial charge >= 0.3 is 5.97 Å². The molecule has 0 saturated carbocycles. The number of rotatable bonds is 3. The van der Waals surface area contributed by atoms with Crippen molar-refractivity contribution in [3.63, 3.8) is 0 Å². The number of amides is 1. The summed E-state index contributed by atoms with van der Waals surface area (Å²) in [5.41, 5.74) is 1.10. The average Bonchev–Trinajstić information content (AvgIpc) is 2.46. The fraction of sp³-hybridized carbons (Fsp3) is 0.556. The molecule has 4 nitrogen and oxygen atoms in total. The maximum Gasteiger partial charge on any atom is 0.335 e. The van der Waals surface area contributed by atoms with E-state index in [2.05, 4.69) is 20.8 Å². The van der Waals surface area contributed by atoms with Gasteiger partial charge in [0.1, 0.15) is 0 Å². The lowest BCUT2D eigenvalue weighted by molar-refractivity contribution is -0.132. The van der Waals surface area contributed by atoms with Gasteiger partial charge in [0, 0.05) is 13.1 Å². The van der Waals surface area contributed by atoms with E-state index in [4.69, 9.17) is 0 Å². The summed E-state index contributed by atoms with van der Waals surface area (Å²) in [6.45, 7) is 8.29. The number of hydrogen-bond donors (Lipinski definition) is 1. The van der Waals surface area contributed by atoms with Crippen molar-refractivity contribution in [2.24, 2.45) is 11.3 Å². The van der Waals surface area contributed by atoms with Crippen molar-refractivity contribution in [2.75, 3.05) is 13.1 Å². The number of piperidine rings is 1. The smallest absolute Gasteiger partial charge is 0.335 e. The third-order valence-electron chi connectivity index (χ3n) is 4.66. The molecule has 4 heteroatoms. The van der Waals surface area contributed by atoms with Crippen LogP contribution in [0.5, 0.6) is 0 Å². The topological polar surface area (TPSA) is 57.6 Å². The minimum absolute atomic E-state index is 0.0288. The first-order valence-corrected chi connectivity index (χ1v) is 7.88. The first-order chi connectivity index (χ1) is 10.3. The summed E-state index contributed by atoms with van der Waals surface area (Å²) in [6.07, 6.45) is 2.22. The van der Waals surface area contributed by atoms with E-state index in [0.29, 0.717) is 11.5 Å². The quantitative estimate of drug-likeness (QED) is 0.933. The first-order valence-electron chi connectivity index (χ1n) is 7.88. The zero-order valence-corrected chi connectivity index (χ0v) is 13.6. The fourth-order valence-corrected chi connectivity index (χ4v) is 3.15. The third-order valence-corrected chi connectivity index (χ3v) is 4.66. The predicted molar refractivity (Wildman–Crippen MR) is 85.9 cm³/mol. The highest BCUT2D eigenvalue weighted by atomic mass is 16.4. The van der Waals surface area contributed by atoms with E-state index in [0.717, 1.165) is 25.9 Å². The summed E-state index contributed by atoms with van der Waals surface area (Å²) in [4.78, 5) is 25.5. The molecule has 1 aromatic rings. The fourth-order valence-electron chi connectivity index (χ4n) is 3.15. The van der Waals surface area contributed by atoms with Crippen LogP contribution in [0.25, 0.3) is 0 Å². The molecular formula is C18H25NO3. The van der Waals surface area contributed by atoms with E-state index in [1.54, 1.807) is 24.3 Å². The molecule has 1 fully saturated rings. The van der Waals surface area contributed by atoms with Gasteiger partial charge in [0.2, 0.25) is 5.91 Å². The number of likely N-dealkylation sites (tertiary alicyclic amines) is 1. The molecule has 22 heavy (non-hydrogen) atoms. The average molecular weight is 303 g/mol. The Hall–Kier alpha value is -1.84. The van der Waals surface area contributed by atoms with E-state index in [1.165, 1.54) is 0 Å². The van der Waals surface area contributed by atoms with Crippen molar-refractivity contribution in [3.05, 3.63) is 35.4 Å². The zero-order valence-electron chi connectivity index (χ0n) is 13.6. The van der Waals surface area contributed by atoms with Gasteiger partial charge in [-0.25, -0.2) is 4.79 Å². The monoisotopic (exact) mass is 303 g/mol. The molecule has 0 spiro atoms. The number of carboxylic acids is 1. The zero-order chi connectivity index (χ0) is 16.3. The highest BCUT2D eigenvalue weighted by Crippen LogP contribution is 2.34. The van der Waals surface area contributed by atoms with Crippen LogP contribution in [0.4, 0.5) is 0 Å². The minimum atomic E-state index is -0.977. The van der Waals surface area contributed by atoms with Crippen molar-refractivity contribution in [3.8, 4) is 0 Å². The van der Waals surface area contributed by atoms with Crippen LogP contribution in [0.15, 0.2) is 24.3 Å². The summed E-state index contributed by atoms with van der Waals surface area (Å²) in [5, 5.41) is 9.19. The standard InChI is InChI=1S/C18H25NO3/c1-18(2,3)14-8-10-19(11-9-14)16(20)12-13-6-4-5-7-15(13)17(21)22/h4-7,14H,8-12H2,1-3H3,(H,21,22). The number of hydrogen-bond acceptors (Lipinski definition) is 2. The molecule has 120 valence electrons. The van der Waals surface area contributed by atoms with Crippen molar-refractivity contribution < 1.29 is 14.7 Å². The molecule has 0 aliphatic carbocycles. The Morgan fingerprint density at radius 2 is 1.77 bits per heavy atom. The molecule has 1 aliphatic rings. The van der Waals surface area contributed by atoms with Crippen LogP contribution in [-0.2, 0) is 11.2 Å². The lowest BCUT2D eigenvalue weighted by Gasteiger charge is -2.38. The molecule has 0 bridgehead atoms. The van der Waals surface area contributed by atoms with Crippen molar-refractivity contribution in [2.45, 2.75) is 40.0 Å². The molecule has 1 amide bonds. The van der Waals surface area contributed by atoms with Gasteiger partial charge in [0.15, 0.2) is 0 Å². The largest absolute Gasteiger partial charge is 0.478 e. The van der Waals surface area contributed by atoms with E-state index < -0.39 is 5.97 Å². The molecule has 1 N–H and O–H groups in total. The number of aromatic carboxylic acids is 1. The maximum atomic E-state index is 12.4. The summed E-state index contributed by atoms with van der Waals surface area (Å²) < 4.78 is 0. The molecular weight excluding hydrogens is 278 g/mol. The Kier molecular flexibility index (Phi) is 4.89. The van der Waals surface area contributed by atoms with E-state index >= 15 is 0 Å². The van der Waals surface area contributed by atoms with Crippen molar-refractivity contribution in [1.29, 1.82) is 0 Å². The Morgan fingerprint density at radius 3 is 2.32 bits per heavy atom. The van der Waals surface area contributed by atoms with E-state index in [-0.39, 0.29) is 23.3 Å². The van der Waals surface area contributed by atoms with Gasteiger partial charge in [-0.05, 0) is 35.8 Å². The summed E-state index contributed by atoms with van der Waals surface area (Å²) in [6, 6.07) is 6.74. The van der Waals surface area contributed by atoms with Crippen LogP contribution in [-0.4, -0.2) is 35.0 Å². The predicted octanol–water partition coefficient (Wildman–Crippen LogP) is 3.21. The van der Waals surface area contributed by atoms with Gasteiger partial charge in [0.25, 0.3) is 0 Å². The normalized spacial score (nSPS) is 16.6. The number of carbonyl (C=O) groups excluding carboxylic acids is 1. The van der Waals surface area contributed by atoms with E-state index in [1.807, 2.05) is 4.90 Å². The Morgan fingerprint density at radius 1 is 1.18 bits per heavy atom. The SMILES string of the molecule is CC(C)(C)C1CCN(C(=O)Cc2ccccc2C(=O)O)CC1. The number of carboxylic acid groups (broad SMARTS) is 1. The second kappa shape index (κ2) is 6.51. The first kappa shape index (κ1) is 16.5. The highest BCUT2D eigenvalue weighted by Gasteiger charge is 2.30. The molecule has 1 aromatic carbocycles. The van der Waals surface area contributed by atoms with Gasteiger partial charge in [-0.1, -0.05) is 39.0 Å². The molecule has 0 unspecified atom stereocenters. The number of carbonyl (C=O) groups is 2. The summed E-state index contributed by atoms with van der Waals surface area (Å²) in [5.74, 6) is -0.307. The van der Waals surface area contributed by atoms with Gasteiger partial charge in [-0.2, -0.15) is 0 Å². The Labute approximate surface area is 132 Å². The molecule has 1 aliphatic heterocycles. The van der Waals surface area contributed by atoms with Crippen LogP contribution < -0.4 is 0 Å². The van der Waals surface area contributed by atoms with Gasteiger partial charge < -0.3 is 10.0 Å². The van der Waals surface area contributed by atoms with Crippen LogP contribution in [0, 0.1) is 11.3 Å². The maximum absolute atomic E-state index is 12.4. The van der Waals surface area contributed by atoms with Gasteiger partial charge in [0.05, 0.1) is 12.0 Å². The van der Waals surface area contributed by atoms with Crippen LogP contribution in [0.2, 0.25) is 0 Å².